The lowest BCUT2D eigenvalue weighted by Crippen LogP contribution is -2.36. The molecule has 2 heterocycles. The van der Waals surface area contributed by atoms with Gasteiger partial charge in [-0.2, -0.15) is 0 Å². The fraction of sp³-hybridized carbons (Fsp3) is 0.316. The Balaban J connectivity index is 1.67. The zero-order chi connectivity index (χ0) is 16.2. The first kappa shape index (κ1) is 15.5. The van der Waals surface area contributed by atoms with Gasteiger partial charge in [0.1, 0.15) is 17.3 Å². The van der Waals surface area contributed by atoms with Crippen molar-refractivity contribution in [2.24, 2.45) is 5.92 Å². The number of carbonyl (C=O) groups is 1. The van der Waals surface area contributed by atoms with Crippen LogP contribution in [-0.2, 0) is 4.79 Å². The second-order valence-corrected chi connectivity index (χ2v) is 6.02. The Kier molecular flexibility index (Phi) is 4.60. The molecule has 1 aromatic carbocycles. The molecule has 23 heavy (non-hydrogen) atoms. The minimum Gasteiger partial charge on any atom is -0.457 e. The summed E-state index contributed by atoms with van der Waals surface area (Å²) in [5, 5.41) is 0. The number of hydrogen-bond donors (Lipinski definition) is 0. The van der Waals surface area contributed by atoms with E-state index in [-0.39, 0.29) is 11.7 Å². The van der Waals surface area contributed by atoms with Gasteiger partial charge in [0.15, 0.2) is 0 Å². The first-order valence-electron chi connectivity index (χ1n) is 7.95. The molecule has 1 aliphatic rings. The normalized spacial score (nSPS) is 16.2. The highest BCUT2D eigenvalue weighted by molar-refractivity contribution is 5.91. The molecule has 3 nitrogen and oxygen atoms in total. The van der Waals surface area contributed by atoms with E-state index in [2.05, 4.69) is 6.92 Å². The fourth-order valence-corrected chi connectivity index (χ4v) is 2.74. The third-order valence-electron chi connectivity index (χ3n) is 4.25. The number of likely N-dealkylation sites (tertiary alicyclic amines) is 1. The molecule has 120 valence electrons. The monoisotopic (exact) mass is 313 g/mol. The van der Waals surface area contributed by atoms with E-state index in [4.69, 9.17) is 4.42 Å². The van der Waals surface area contributed by atoms with Crippen LogP contribution >= 0.6 is 0 Å². The van der Waals surface area contributed by atoms with Gasteiger partial charge in [0.2, 0.25) is 5.91 Å². The average molecular weight is 313 g/mol. The number of furan rings is 1. The fourth-order valence-electron chi connectivity index (χ4n) is 2.74. The largest absolute Gasteiger partial charge is 0.457 e. The van der Waals surface area contributed by atoms with Gasteiger partial charge in [-0.1, -0.05) is 19.1 Å². The SMILES string of the molecule is CC1CCN(C(=O)/C=C/c2ccc(-c3ccccc3F)o2)CC1. The molecule has 0 radical (unpaired) electrons. The van der Waals surface area contributed by atoms with Crippen LogP contribution < -0.4 is 0 Å². The van der Waals surface area contributed by atoms with E-state index in [1.54, 1.807) is 36.4 Å². The van der Waals surface area contributed by atoms with Crippen LogP contribution in [-0.4, -0.2) is 23.9 Å². The van der Waals surface area contributed by atoms with Crippen molar-refractivity contribution in [2.45, 2.75) is 19.8 Å². The molecule has 0 unspecified atom stereocenters. The number of amides is 1. The van der Waals surface area contributed by atoms with Crippen LogP contribution in [0.15, 0.2) is 46.9 Å². The summed E-state index contributed by atoms with van der Waals surface area (Å²) in [4.78, 5) is 14.0. The Morgan fingerprint density at radius 3 is 2.70 bits per heavy atom. The van der Waals surface area contributed by atoms with E-state index >= 15 is 0 Å². The van der Waals surface area contributed by atoms with Crippen molar-refractivity contribution in [3.8, 4) is 11.3 Å². The Labute approximate surface area is 135 Å². The van der Waals surface area contributed by atoms with E-state index in [9.17, 15) is 9.18 Å². The molecule has 0 saturated carbocycles. The first-order chi connectivity index (χ1) is 11.1. The predicted molar refractivity (Wildman–Crippen MR) is 88.1 cm³/mol. The summed E-state index contributed by atoms with van der Waals surface area (Å²) >= 11 is 0. The van der Waals surface area contributed by atoms with Gasteiger partial charge in [-0.05, 0) is 49.1 Å². The van der Waals surface area contributed by atoms with E-state index in [0.29, 0.717) is 23.0 Å². The second kappa shape index (κ2) is 6.82. The summed E-state index contributed by atoms with van der Waals surface area (Å²) in [6, 6.07) is 9.92. The minimum atomic E-state index is -0.323. The van der Waals surface area contributed by atoms with Crippen molar-refractivity contribution in [2.75, 3.05) is 13.1 Å². The van der Waals surface area contributed by atoms with Crippen LogP contribution in [0, 0.1) is 11.7 Å². The van der Waals surface area contributed by atoms with Crippen LogP contribution in [0.25, 0.3) is 17.4 Å². The zero-order valence-corrected chi connectivity index (χ0v) is 13.2. The lowest BCUT2D eigenvalue weighted by molar-refractivity contribution is -0.127. The lowest BCUT2D eigenvalue weighted by atomic mass is 9.99. The Morgan fingerprint density at radius 2 is 1.96 bits per heavy atom. The van der Waals surface area contributed by atoms with Gasteiger partial charge in [0.05, 0.1) is 5.56 Å². The van der Waals surface area contributed by atoms with Crippen LogP contribution in [0.3, 0.4) is 0 Å². The van der Waals surface area contributed by atoms with E-state index < -0.39 is 0 Å². The number of carbonyl (C=O) groups excluding carboxylic acids is 1. The molecule has 0 atom stereocenters. The molecule has 2 aromatic rings. The quantitative estimate of drug-likeness (QED) is 0.789. The lowest BCUT2D eigenvalue weighted by Gasteiger charge is -2.29. The highest BCUT2D eigenvalue weighted by Gasteiger charge is 2.18. The van der Waals surface area contributed by atoms with Gasteiger partial charge < -0.3 is 9.32 Å². The van der Waals surface area contributed by atoms with Crippen LogP contribution in [0.4, 0.5) is 4.39 Å². The number of benzene rings is 1. The summed E-state index contributed by atoms with van der Waals surface area (Å²) in [7, 11) is 0. The summed E-state index contributed by atoms with van der Waals surface area (Å²) in [5.41, 5.74) is 0.420. The first-order valence-corrected chi connectivity index (χ1v) is 7.95. The van der Waals surface area contributed by atoms with Gasteiger partial charge in [0.25, 0.3) is 0 Å². The minimum absolute atomic E-state index is 0.000687. The van der Waals surface area contributed by atoms with Crippen molar-refractivity contribution in [3.63, 3.8) is 0 Å². The maximum atomic E-state index is 13.7. The summed E-state index contributed by atoms with van der Waals surface area (Å²) in [6.07, 6.45) is 5.28. The van der Waals surface area contributed by atoms with E-state index in [1.165, 1.54) is 12.1 Å². The Morgan fingerprint density at radius 1 is 1.22 bits per heavy atom. The third kappa shape index (κ3) is 3.70. The number of hydrogen-bond acceptors (Lipinski definition) is 2. The van der Waals surface area contributed by atoms with Gasteiger partial charge >= 0.3 is 0 Å². The molecule has 1 aliphatic heterocycles. The summed E-state index contributed by atoms with van der Waals surface area (Å²) < 4.78 is 19.3. The number of nitrogens with zero attached hydrogens (tertiary/aromatic N) is 1. The maximum absolute atomic E-state index is 13.7. The molecule has 1 saturated heterocycles. The van der Waals surface area contributed by atoms with Crippen molar-refractivity contribution in [1.82, 2.24) is 4.90 Å². The van der Waals surface area contributed by atoms with Gasteiger partial charge in [0, 0.05) is 19.2 Å². The topological polar surface area (TPSA) is 33.5 Å². The molecular weight excluding hydrogens is 293 g/mol. The van der Waals surface area contributed by atoms with Crippen LogP contribution in [0.1, 0.15) is 25.5 Å². The van der Waals surface area contributed by atoms with Crippen LogP contribution in [0.5, 0.6) is 0 Å². The van der Waals surface area contributed by atoms with E-state index in [0.717, 1.165) is 25.9 Å². The average Bonchev–Trinajstić information content (AvgIpc) is 3.02. The summed E-state index contributed by atoms with van der Waals surface area (Å²) in [5.74, 6) is 1.37. The predicted octanol–water partition coefficient (Wildman–Crippen LogP) is 4.36. The molecule has 0 aliphatic carbocycles. The van der Waals surface area contributed by atoms with Gasteiger partial charge in [-0.15, -0.1) is 0 Å². The summed E-state index contributed by atoms with van der Waals surface area (Å²) in [6.45, 7) is 3.83. The van der Waals surface area contributed by atoms with Gasteiger partial charge in [-0.25, -0.2) is 4.39 Å². The molecule has 1 fully saturated rings. The van der Waals surface area contributed by atoms with Crippen molar-refractivity contribution >= 4 is 12.0 Å². The van der Waals surface area contributed by atoms with Crippen molar-refractivity contribution in [3.05, 3.63) is 54.1 Å². The molecule has 0 spiro atoms. The van der Waals surface area contributed by atoms with Crippen molar-refractivity contribution < 1.29 is 13.6 Å². The highest BCUT2D eigenvalue weighted by atomic mass is 19.1. The highest BCUT2D eigenvalue weighted by Crippen LogP contribution is 2.25. The molecule has 0 bridgehead atoms. The molecule has 0 N–H and O–H groups in total. The van der Waals surface area contributed by atoms with Crippen molar-refractivity contribution in [1.29, 1.82) is 0 Å². The maximum Gasteiger partial charge on any atom is 0.246 e. The molecular formula is C19H20FNO2. The molecule has 4 heteroatoms. The zero-order valence-electron chi connectivity index (χ0n) is 13.2. The molecule has 1 aromatic heterocycles. The third-order valence-corrected chi connectivity index (χ3v) is 4.25. The Bertz CT molecular complexity index is 712. The second-order valence-electron chi connectivity index (χ2n) is 6.02. The van der Waals surface area contributed by atoms with Gasteiger partial charge in [-0.3, -0.25) is 4.79 Å². The Hall–Kier alpha value is -2.36. The molecule has 3 rings (SSSR count). The number of piperidine rings is 1. The van der Waals surface area contributed by atoms with E-state index in [1.807, 2.05) is 4.90 Å². The number of rotatable bonds is 3. The van der Waals surface area contributed by atoms with Crippen LogP contribution in [0.2, 0.25) is 0 Å². The number of halogens is 1. The molecule has 1 amide bonds. The standard InChI is InChI=1S/C19H20FNO2/c1-14-10-12-21(13-11-14)19(22)9-7-15-6-8-18(23-15)16-4-2-3-5-17(16)20/h2-9,14H,10-13H2,1H3/b9-7+. The smallest absolute Gasteiger partial charge is 0.246 e.